The molecule has 0 heterocycles. The van der Waals surface area contributed by atoms with Crippen molar-refractivity contribution >= 4 is 14.3 Å². The van der Waals surface area contributed by atoms with Gasteiger partial charge in [-0.2, -0.15) is 45.3 Å². The maximum atomic E-state index is 3.97. The van der Waals surface area contributed by atoms with E-state index in [1.165, 1.54) is 0 Å². The molecule has 0 aliphatic heterocycles. The zero-order chi connectivity index (χ0) is 19.5. The summed E-state index contributed by atoms with van der Waals surface area (Å²) in [5.74, 6) is 7.00. The van der Waals surface area contributed by atoms with Gasteiger partial charge in [0, 0.05) is 0 Å². The number of rotatable bonds is 6. The van der Waals surface area contributed by atoms with E-state index in [2.05, 4.69) is 45.4 Å². The summed E-state index contributed by atoms with van der Waals surface area (Å²) in [6, 6.07) is 0. The first-order chi connectivity index (χ1) is 11.5. The fraction of sp³-hybridized carbons (Fsp3) is 0.800. The van der Waals surface area contributed by atoms with Crippen LogP contribution in [0.25, 0.3) is 16.0 Å². The molecule has 0 aromatic carbocycles. The van der Waals surface area contributed by atoms with Gasteiger partial charge in [-0.05, 0) is 0 Å². The van der Waals surface area contributed by atoms with Crippen molar-refractivity contribution in [1.82, 2.24) is 0 Å². The molecule has 0 aromatic rings. The van der Waals surface area contributed by atoms with Gasteiger partial charge in [0.2, 0.25) is 0 Å². The van der Waals surface area contributed by atoms with Crippen LogP contribution in [0.5, 0.6) is 0 Å². The van der Waals surface area contributed by atoms with Crippen molar-refractivity contribution in [2.45, 2.75) is 65.2 Å². The standard InChI is InChI=1S/C5H5.3C4H10N.C3H9Ge.Zr/c1-2-4-5-3-1;3*1-3-5-4-2;1-4(2)3;/h1-3H,4H2;3*3-4H2,1-2H3;1-3H3;/q4*-1;;+4. The summed E-state index contributed by atoms with van der Waals surface area (Å²) >= 11 is -0.333. The molecule has 0 N–H and O–H groups in total. The summed E-state index contributed by atoms with van der Waals surface area (Å²) in [5.41, 5.74) is 0. The molecule has 1 aliphatic carbocycles. The summed E-state index contributed by atoms with van der Waals surface area (Å²) in [5, 5.41) is 11.9. The van der Waals surface area contributed by atoms with E-state index in [1.54, 1.807) is 0 Å². The van der Waals surface area contributed by atoms with Crippen LogP contribution in [0.15, 0.2) is 18.2 Å². The molecule has 5 heteroatoms. The fourth-order valence-corrected chi connectivity index (χ4v) is 1.01. The van der Waals surface area contributed by atoms with Crippen molar-refractivity contribution in [2.75, 3.05) is 39.3 Å². The first-order valence-corrected chi connectivity index (χ1v) is 15.7. The minimum atomic E-state index is -0.333. The SMILES string of the molecule is CC[N-]CC.CC[N-]CC.CC[N-]CC.[C-]1=CC=CC1.[CH3][Ge]([CH3])[CH3].[Zr+4]. The second-order valence-electron chi connectivity index (χ2n) is 5.07. The Hall–Kier alpha value is 0.786. The monoisotopic (exact) mass is 490 g/mol. The third-order valence-electron chi connectivity index (χ3n) is 1.93. The van der Waals surface area contributed by atoms with Gasteiger partial charge >= 0.3 is 57.8 Å². The van der Waals surface area contributed by atoms with Crippen LogP contribution in [0.1, 0.15) is 48.0 Å². The molecule has 0 fully saturated rings. The van der Waals surface area contributed by atoms with Crippen LogP contribution < -0.4 is 0 Å². The van der Waals surface area contributed by atoms with Crippen molar-refractivity contribution in [2.24, 2.45) is 0 Å². The van der Waals surface area contributed by atoms with Gasteiger partial charge in [-0.15, -0.1) is 6.42 Å². The Kier molecular flexibility index (Phi) is 65.0. The fourth-order valence-electron chi connectivity index (χ4n) is 1.01. The molecule has 1 aliphatic rings. The molecule has 0 unspecified atom stereocenters. The first kappa shape index (κ1) is 36.7. The van der Waals surface area contributed by atoms with Crippen LogP contribution in [-0.2, 0) is 26.2 Å². The molecule has 147 valence electrons. The van der Waals surface area contributed by atoms with E-state index < -0.39 is 0 Å². The van der Waals surface area contributed by atoms with E-state index in [-0.39, 0.29) is 40.6 Å². The number of hydrogen-bond acceptors (Lipinski definition) is 0. The summed E-state index contributed by atoms with van der Waals surface area (Å²) < 4.78 is 0. The summed E-state index contributed by atoms with van der Waals surface area (Å²) in [7, 11) is 0. The molecule has 1 radical (unpaired) electrons. The molecule has 25 heavy (non-hydrogen) atoms. The predicted molar refractivity (Wildman–Crippen MR) is 118 cm³/mol. The normalized spacial score (nSPS) is 10.0. The van der Waals surface area contributed by atoms with Gasteiger partial charge in [-0.1, -0.05) is 41.5 Å². The Labute approximate surface area is 184 Å². The Balaban J connectivity index is -0.0000000662. The molecule has 0 saturated heterocycles. The van der Waals surface area contributed by atoms with E-state index in [4.69, 9.17) is 0 Å². The minimum absolute atomic E-state index is 0. The van der Waals surface area contributed by atoms with E-state index in [0.717, 1.165) is 45.7 Å². The third kappa shape index (κ3) is 92.6. The van der Waals surface area contributed by atoms with Crippen LogP contribution in [0, 0.1) is 6.08 Å². The molecule has 0 atom stereocenters. The average Bonchev–Trinajstić information content (AvgIpc) is 3.10. The Morgan fingerprint density at radius 1 is 0.720 bits per heavy atom. The molecule has 0 spiro atoms. The summed E-state index contributed by atoms with van der Waals surface area (Å²) in [6.45, 7) is 18.1. The van der Waals surface area contributed by atoms with Gasteiger partial charge in [0.1, 0.15) is 0 Å². The van der Waals surface area contributed by atoms with E-state index in [0.29, 0.717) is 0 Å². The average molecular weight is 490 g/mol. The van der Waals surface area contributed by atoms with E-state index in [9.17, 15) is 0 Å². The van der Waals surface area contributed by atoms with Gasteiger partial charge < -0.3 is 16.0 Å². The maximum Gasteiger partial charge on any atom is 4.00 e. The Morgan fingerprint density at radius 2 is 1.00 bits per heavy atom. The smallest absolute Gasteiger partial charge is 4.00 e. The largest absolute Gasteiger partial charge is 4.00 e. The van der Waals surface area contributed by atoms with Gasteiger partial charge in [0.05, 0.1) is 0 Å². The zero-order valence-corrected chi connectivity index (χ0v) is 23.1. The van der Waals surface area contributed by atoms with Gasteiger partial charge in [0.15, 0.2) is 0 Å². The molecule has 0 bridgehead atoms. The van der Waals surface area contributed by atoms with Crippen LogP contribution in [0.3, 0.4) is 0 Å². The summed E-state index contributed by atoms with van der Waals surface area (Å²) in [4.78, 5) is 0. The summed E-state index contributed by atoms with van der Waals surface area (Å²) in [6.07, 6.45) is 10.0. The molecule has 0 saturated carbocycles. The Bertz CT molecular complexity index is 190. The van der Waals surface area contributed by atoms with E-state index >= 15 is 0 Å². The number of hydrogen-bond donors (Lipinski definition) is 0. The van der Waals surface area contributed by atoms with Gasteiger partial charge in [-0.25, -0.2) is 12.2 Å². The van der Waals surface area contributed by atoms with Crippen molar-refractivity contribution < 1.29 is 26.2 Å². The van der Waals surface area contributed by atoms with E-state index in [1.807, 2.05) is 53.7 Å². The second-order valence-corrected chi connectivity index (χ2v) is 11.4. The molecule has 3 nitrogen and oxygen atoms in total. The van der Waals surface area contributed by atoms with Gasteiger partial charge in [-0.3, -0.25) is 6.08 Å². The number of nitrogens with zero attached hydrogens (tertiary/aromatic N) is 3. The predicted octanol–water partition coefficient (Wildman–Crippen LogP) is 6.87. The molecule has 0 aromatic heterocycles. The van der Waals surface area contributed by atoms with Crippen molar-refractivity contribution in [3.63, 3.8) is 0 Å². The van der Waals surface area contributed by atoms with Crippen LogP contribution in [0.2, 0.25) is 17.3 Å². The Morgan fingerprint density at radius 3 is 1.04 bits per heavy atom. The van der Waals surface area contributed by atoms with Crippen LogP contribution in [-0.4, -0.2) is 53.6 Å². The van der Waals surface area contributed by atoms with Crippen LogP contribution in [0.4, 0.5) is 0 Å². The van der Waals surface area contributed by atoms with Crippen molar-refractivity contribution in [3.05, 3.63) is 40.3 Å². The zero-order valence-electron chi connectivity index (χ0n) is 18.5. The first-order valence-electron chi connectivity index (χ1n) is 9.36. The molecular formula is C20H44GeN3Zr. The van der Waals surface area contributed by atoms with Crippen molar-refractivity contribution in [1.29, 1.82) is 0 Å². The second kappa shape index (κ2) is 44.3. The van der Waals surface area contributed by atoms with Crippen molar-refractivity contribution in [3.8, 4) is 0 Å². The quantitative estimate of drug-likeness (QED) is 0.288. The minimum Gasteiger partial charge on any atom is 4.00 e. The number of allylic oxidation sites excluding steroid dienone is 4. The maximum absolute atomic E-state index is 3.97. The molecular weight excluding hydrogens is 446 g/mol. The molecule has 1 rings (SSSR count). The van der Waals surface area contributed by atoms with Crippen LogP contribution >= 0.6 is 0 Å². The topological polar surface area (TPSA) is 42.3 Å². The van der Waals surface area contributed by atoms with Gasteiger partial charge in [0.25, 0.3) is 0 Å². The molecule has 0 amide bonds. The third-order valence-corrected chi connectivity index (χ3v) is 1.93.